The maximum Gasteiger partial charge on any atom is 0.249 e. The number of anilines is 1. The van der Waals surface area contributed by atoms with Crippen LogP contribution >= 0.6 is 15.9 Å². The van der Waals surface area contributed by atoms with Gasteiger partial charge < -0.3 is 19.7 Å². The van der Waals surface area contributed by atoms with E-state index >= 15 is 0 Å². The topological polar surface area (TPSA) is 67.9 Å². The quantitative estimate of drug-likeness (QED) is 0.384. The van der Waals surface area contributed by atoms with Crippen LogP contribution in [0.25, 0.3) is 10.8 Å². The molecule has 37 heavy (non-hydrogen) atoms. The van der Waals surface area contributed by atoms with Gasteiger partial charge in [-0.3, -0.25) is 9.59 Å². The Labute approximate surface area is 226 Å². The predicted molar refractivity (Wildman–Crippen MR) is 149 cm³/mol. The first-order valence-electron chi connectivity index (χ1n) is 13.0. The fourth-order valence-corrected chi connectivity index (χ4v) is 5.82. The Hall–Kier alpha value is -2.90. The summed E-state index contributed by atoms with van der Waals surface area (Å²) in [6.45, 7) is 3.82. The van der Waals surface area contributed by atoms with Crippen LogP contribution in [0.5, 0.6) is 5.75 Å². The number of benzene rings is 3. The number of aryl methyl sites for hydroxylation is 1. The van der Waals surface area contributed by atoms with Gasteiger partial charge in [0.05, 0.1) is 26.9 Å². The number of amides is 2. The molecular weight excluding hydrogens is 532 g/mol. The van der Waals surface area contributed by atoms with Crippen molar-refractivity contribution in [1.82, 2.24) is 5.32 Å². The second-order valence-electron chi connectivity index (χ2n) is 10.0. The molecule has 2 heterocycles. The van der Waals surface area contributed by atoms with E-state index in [0.29, 0.717) is 18.9 Å². The molecule has 6 nitrogen and oxygen atoms in total. The van der Waals surface area contributed by atoms with Crippen molar-refractivity contribution in [3.05, 3.63) is 70.2 Å². The molecule has 3 aromatic carbocycles. The number of ether oxygens (including phenoxy) is 2. The zero-order valence-corrected chi connectivity index (χ0v) is 22.9. The van der Waals surface area contributed by atoms with Crippen LogP contribution in [-0.2, 0) is 27.3 Å². The van der Waals surface area contributed by atoms with E-state index in [1.165, 1.54) is 0 Å². The molecule has 3 aromatic rings. The molecule has 2 aliphatic heterocycles. The Balaban J connectivity index is 1.47. The molecule has 1 N–H and O–H groups in total. The van der Waals surface area contributed by atoms with Gasteiger partial charge in [0.15, 0.2) is 0 Å². The molecule has 194 valence electrons. The fraction of sp³-hybridized carbons (Fsp3) is 0.400. The van der Waals surface area contributed by atoms with Crippen molar-refractivity contribution in [2.45, 2.75) is 45.2 Å². The lowest BCUT2D eigenvalue weighted by Crippen LogP contribution is -2.49. The van der Waals surface area contributed by atoms with Crippen LogP contribution in [0, 0.1) is 11.8 Å². The van der Waals surface area contributed by atoms with Gasteiger partial charge >= 0.3 is 0 Å². The summed E-state index contributed by atoms with van der Waals surface area (Å²) in [5, 5.41) is 5.23. The Morgan fingerprint density at radius 1 is 1.19 bits per heavy atom. The molecule has 0 spiro atoms. The zero-order valence-electron chi connectivity index (χ0n) is 21.3. The van der Waals surface area contributed by atoms with E-state index in [0.717, 1.165) is 70.3 Å². The van der Waals surface area contributed by atoms with Crippen molar-refractivity contribution in [3.63, 3.8) is 0 Å². The minimum absolute atomic E-state index is 0.0359. The minimum atomic E-state index is -0.582. The highest BCUT2D eigenvalue weighted by Crippen LogP contribution is 2.35. The first-order chi connectivity index (χ1) is 18.0. The SMILES string of the molecule is CC[C@H](CC1COC1)C(=O)N[C@H]1CCc2ccccc2N(Cc2c(OC)ccc3cc(Br)ccc23)C1=O. The molecule has 0 unspecified atom stereocenters. The molecule has 2 amide bonds. The van der Waals surface area contributed by atoms with Crippen LogP contribution < -0.4 is 15.0 Å². The standard InChI is InChI=1S/C30H33BrN2O4/c1-3-20(14-19-17-37-18-19)29(34)32-26-12-8-21-6-4-5-7-27(21)33(30(26)35)16-25-24-11-10-23(31)15-22(24)9-13-28(25)36-2/h4-7,9-11,13,15,19-20,26H,3,8,12,14,16-18H2,1-2H3,(H,32,34)/t20-,26+/m1/s1. The van der Waals surface area contributed by atoms with E-state index in [-0.39, 0.29) is 17.7 Å². The van der Waals surface area contributed by atoms with Crippen molar-refractivity contribution in [2.24, 2.45) is 11.8 Å². The summed E-state index contributed by atoms with van der Waals surface area (Å²) in [5.74, 6) is 0.929. The fourth-order valence-electron chi connectivity index (χ4n) is 5.44. The number of hydrogen-bond donors (Lipinski definition) is 1. The highest BCUT2D eigenvalue weighted by molar-refractivity contribution is 9.10. The van der Waals surface area contributed by atoms with Crippen molar-refractivity contribution < 1.29 is 19.1 Å². The van der Waals surface area contributed by atoms with E-state index < -0.39 is 6.04 Å². The number of methoxy groups -OCH3 is 1. The third-order valence-electron chi connectivity index (χ3n) is 7.64. The maximum absolute atomic E-state index is 14.1. The highest BCUT2D eigenvalue weighted by Gasteiger charge is 2.34. The number of para-hydroxylation sites is 1. The van der Waals surface area contributed by atoms with Gasteiger partial charge in [-0.15, -0.1) is 0 Å². The first-order valence-corrected chi connectivity index (χ1v) is 13.8. The lowest BCUT2D eigenvalue weighted by atomic mass is 9.90. The van der Waals surface area contributed by atoms with Crippen molar-refractivity contribution >= 4 is 44.2 Å². The average Bonchev–Trinajstić information content (AvgIpc) is 3.00. The molecule has 2 atom stereocenters. The van der Waals surface area contributed by atoms with E-state index in [1.807, 2.05) is 48.2 Å². The molecule has 2 aliphatic rings. The molecule has 0 aromatic heterocycles. The number of nitrogens with zero attached hydrogens (tertiary/aromatic N) is 1. The summed E-state index contributed by atoms with van der Waals surface area (Å²) in [7, 11) is 1.66. The van der Waals surface area contributed by atoms with Gasteiger partial charge in [0.1, 0.15) is 11.8 Å². The van der Waals surface area contributed by atoms with Gasteiger partial charge in [0.2, 0.25) is 11.8 Å². The number of rotatable bonds is 8. The van der Waals surface area contributed by atoms with Gasteiger partial charge in [0.25, 0.3) is 0 Å². The normalized spacial score (nSPS) is 18.6. The predicted octanol–water partition coefficient (Wildman–Crippen LogP) is 5.64. The van der Waals surface area contributed by atoms with Gasteiger partial charge in [-0.1, -0.05) is 53.2 Å². The number of carbonyl (C=O) groups excluding carboxylic acids is 2. The molecule has 5 rings (SSSR count). The van der Waals surface area contributed by atoms with Crippen LogP contribution in [0.3, 0.4) is 0 Å². The molecule has 0 aliphatic carbocycles. The molecule has 1 fully saturated rings. The molecule has 0 radical (unpaired) electrons. The van der Waals surface area contributed by atoms with Gasteiger partial charge in [-0.25, -0.2) is 0 Å². The Bertz CT molecular complexity index is 1310. The third-order valence-corrected chi connectivity index (χ3v) is 8.13. The number of nitrogens with one attached hydrogen (secondary N) is 1. The van der Waals surface area contributed by atoms with E-state index in [1.54, 1.807) is 7.11 Å². The summed E-state index contributed by atoms with van der Waals surface area (Å²) in [6.07, 6.45) is 2.84. The minimum Gasteiger partial charge on any atom is -0.496 e. The highest BCUT2D eigenvalue weighted by atomic mass is 79.9. The Morgan fingerprint density at radius 3 is 2.73 bits per heavy atom. The number of fused-ring (bicyclic) bond motifs is 2. The summed E-state index contributed by atoms with van der Waals surface area (Å²) < 4.78 is 12.0. The van der Waals surface area contributed by atoms with E-state index in [4.69, 9.17) is 9.47 Å². The second-order valence-corrected chi connectivity index (χ2v) is 10.9. The van der Waals surface area contributed by atoms with Crippen LogP contribution in [0.1, 0.15) is 37.3 Å². The zero-order chi connectivity index (χ0) is 25.9. The summed E-state index contributed by atoms with van der Waals surface area (Å²) in [4.78, 5) is 29.2. The lowest BCUT2D eigenvalue weighted by molar-refractivity contribution is -0.132. The molecule has 0 saturated carbocycles. The van der Waals surface area contributed by atoms with E-state index in [9.17, 15) is 9.59 Å². The largest absolute Gasteiger partial charge is 0.496 e. The Kier molecular flexibility index (Phi) is 7.81. The number of carbonyl (C=O) groups is 2. The third kappa shape index (κ3) is 5.39. The summed E-state index contributed by atoms with van der Waals surface area (Å²) in [6, 6.07) is 17.6. The molecule has 1 saturated heterocycles. The number of hydrogen-bond acceptors (Lipinski definition) is 4. The average molecular weight is 566 g/mol. The summed E-state index contributed by atoms with van der Waals surface area (Å²) in [5.41, 5.74) is 2.94. The first kappa shape index (κ1) is 25.7. The number of halogens is 1. The van der Waals surface area contributed by atoms with Crippen molar-refractivity contribution in [2.75, 3.05) is 25.2 Å². The van der Waals surface area contributed by atoms with Crippen LogP contribution in [0.15, 0.2) is 59.1 Å². The van der Waals surface area contributed by atoms with Crippen molar-refractivity contribution in [3.8, 4) is 5.75 Å². The second kappa shape index (κ2) is 11.2. The van der Waals surface area contributed by atoms with Crippen LogP contribution in [0.2, 0.25) is 0 Å². The van der Waals surface area contributed by atoms with Gasteiger partial charge in [-0.2, -0.15) is 0 Å². The monoisotopic (exact) mass is 564 g/mol. The summed E-state index contributed by atoms with van der Waals surface area (Å²) >= 11 is 3.56. The van der Waals surface area contributed by atoms with Crippen molar-refractivity contribution in [1.29, 1.82) is 0 Å². The molecular formula is C30H33BrN2O4. The van der Waals surface area contributed by atoms with Gasteiger partial charge in [0, 0.05) is 27.6 Å². The van der Waals surface area contributed by atoms with Crippen LogP contribution in [0.4, 0.5) is 5.69 Å². The Morgan fingerprint density at radius 2 is 2.00 bits per heavy atom. The lowest BCUT2D eigenvalue weighted by Gasteiger charge is -2.31. The van der Waals surface area contributed by atoms with Crippen LogP contribution in [-0.4, -0.2) is 38.2 Å². The van der Waals surface area contributed by atoms with E-state index in [2.05, 4.69) is 39.4 Å². The molecule has 0 bridgehead atoms. The maximum atomic E-state index is 14.1. The smallest absolute Gasteiger partial charge is 0.249 e. The van der Waals surface area contributed by atoms with Gasteiger partial charge in [-0.05, 0) is 66.3 Å². The molecule has 7 heteroatoms.